The van der Waals surface area contributed by atoms with Gasteiger partial charge in [0, 0.05) is 6.20 Å². The van der Waals surface area contributed by atoms with E-state index < -0.39 is 19.7 Å². The van der Waals surface area contributed by atoms with Crippen LogP contribution < -0.4 is 0 Å². The zero-order valence-corrected chi connectivity index (χ0v) is 8.26. The molecule has 0 bridgehead atoms. The zero-order chi connectivity index (χ0) is 10.4. The molecule has 13 heavy (non-hydrogen) atoms. The van der Waals surface area contributed by atoms with E-state index in [4.69, 9.17) is 0 Å². The Bertz CT molecular complexity index is 346. The minimum absolute atomic E-state index is 0.290. The summed E-state index contributed by atoms with van der Waals surface area (Å²) in [7, 11) is -9.59. The second kappa shape index (κ2) is 2.17. The van der Waals surface area contributed by atoms with Crippen molar-refractivity contribution >= 4 is 26.2 Å². The van der Waals surface area contributed by atoms with Crippen molar-refractivity contribution in [1.82, 2.24) is 4.98 Å². The number of rotatable bonds is 1. The fraction of sp³-hybridized carbons (Fsp3) is 0. The summed E-state index contributed by atoms with van der Waals surface area (Å²) in [6, 6.07) is 1.09. The van der Waals surface area contributed by atoms with Crippen molar-refractivity contribution < 1.29 is 19.4 Å². The molecule has 0 aliphatic carbocycles. The first-order valence-corrected chi connectivity index (χ1v) is 5.60. The summed E-state index contributed by atoms with van der Waals surface area (Å²) in [5, 5.41) is 0. The van der Waals surface area contributed by atoms with Crippen LogP contribution in [0.15, 0.2) is 27.8 Å². The topological polar surface area (TPSA) is 12.9 Å². The molecular formula is C5H3BrF5NS. The summed E-state index contributed by atoms with van der Waals surface area (Å²) in [4.78, 5) is 1.08. The third-order valence-electron chi connectivity index (χ3n) is 1.14. The molecule has 76 valence electrons. The maximum atomic E-state index is 12.1. The minimum atomic E-state index is -9.59. The summed E-state index contributed by atoms with van der Waals surface area (Å²) < 4.78 is 59.8. The summed E-state index contributed by atoms with van der Waals surface area (Å²) in [6.45, 7) is 0. The Labute approximate surface area is 78.8 Å². The van der Waals surface area contributed by atoms with Gasteiger partial charge in [0.25, 0.3) is 0 Å². The van der Waals surface area contributed by atoms with Gasteiger partial charge in [0.2, 0.25) is 0 Å². The van der Waals surface area contributed by atoms with Gasteiger partial charge in [-0.15, -0.1) is 0 Å². The molecular weight excluding hydrogens is 281 g/mol. The predicted molar refractivity (Wildman–Crippen MR) is 43.3 cm³/mol. The number of hydrogen-bond donors (Lipinski definition) is 0. The van der Waals surface area contributed by atoms with E-state index in [1.807, 2.05) is 0 Å². The first-order valence-electron chi connectivity index (χ1n) is 2.85. The highest BCUT2D eigenvalue weighted by Crippen LogP contribution is 3.02. The highest BCUT2D eigenvalue weighted by atomic mass is 79.9. The summed E-state index contributed by atoms with van der Waals surface area (Å²) >= 11 is 2.32. The van der Waals surface area contributed by atoms with Gasteiger partial charge in [0.1, 0.15) is 9.50 Å². The second-order valence-corrected chi connectivity index (χ2v) is 5.39. The maximum absolute atomic E-state index is 12.1. The van der Waals surface area contributed by atoms with E-state index in [0.29, 0.717) is 6.07 Å². The molecule has 0 aliphatic rings. The lowest BCUT2D eigenvalue weighted by Gasteiger charge is -2.40. The van der Waals surface area contributed by atoms with E-state index in [-0.39, 0.29) is 0 Å². The lowest BCUT2D eigenvalue weighted by atomic mass is 10.5. The van der Waals surface area contributed by atoms with Crippen LogP contribution in [0, 0.1) is 0 Å². The molecule has 0 aliphatic heterocycles. The van der Waals surface area contributed by atoms with Gasteiger partial charge in [-0.05, 0) is 28.1 Å². The average Bonchev–Trinajstić information content (AvgIpc) is 1.82. The molecule has 0 unspecified atom stereocenters. The molecule has 1 aromatic heterocycles. The van der Waals surface area contributed by atoms with Crippen molar-refractivity contribution in [2.24, 2.45) is 0 Å². The Morgan fingerprint density at radius 3 is 2.00 bits per heavy atom. The van der Waals surface area contributed by atoms with Crippen LogP contribution in [0.4, 0.5) is 19.4 Å². The van der Waals surface area contributed by atoms with E-state index in [1.165, 1.54) is 0 Å². The predicted octanol–water partition coefficient (Wildman–Crippen LogP) is 4.50. The molecule has 1 heterocycles. The molecule has 0 atom stereocenters. The quantitative estimate of drug-likeness (QED) is 0.546. The van der Waals surface area contributed by atoms with Crippen LogP contribution in [-0.2, 0) is 0 Å². The molecule has 0 fully saturated rings. The molecule has 0 saturated heterocycles. The highest BCUT2D eigenvalue weighted by Gasteiger charge is 2.66. The molecule has 1 rings (SSSR count). The van der Waals surface area contributed by atoms with E-state index >= 15 is 0 Å². The van der Waals surface area contributed by atoms with Crippen LogP contribution in [0.5, 0.6) is 0 Å². The van der Waals surface area contributed by atoms with Crippen molar-refractivity contribution in [2.45, 2.75) is 4.90 Å². The molecule has 1 aromatic rings. The van der Waals surface area contributed by atoms with Crippen LogP contribution in [0.2, 0.25) is 0 Å². The van der Waals surface area contributed by atoms with Crippen LogP contribution in [0.1, 0.15) is 0 Å². The van der Waals surface area contributed by atoms with Crippen molar-refractivity contribution in [2.75, 3.05) is 0 Å². The number of hydrogen-bond acceptors (Lipinski definition) is 1. The van der Waals surface area contributed by atoms with Gasteiger partial charge in [0.05, 0.1) is 0 Å². The minimum Gasteiger partial charge on any atom is -0.248 e. The molecule has 0 aromatic carbocycles. The molecule has 0 saturated carbocycles. The number of aromatic nitrogens is 1. The van der Waals surface area contributed by atoms with Gasteiger partial charge in [-0.1, -0.05) is 19.4 Å². The monoisotopic (exact) mass is 283 g/mol. The summed E-state index contributed by atoms with van der Waals surface area (Å²) in [6.07, 6.45) is 0.983. The SMILES string of the molecule is FS(F)(F)(F)(F)c1cccnc1Br. The Balaban J connectivity index is 3.50. The van der Waals surface area contributed by atoms with Crippen LogP contribution in [0.25, 0.3) is 0 Å². The molecule has 1 nitrogen and oxygen atoms in total. The van der Waals surface area contributed by atoms with E-state index in [0.717, 1.165) is 12.3 Å². The van der Waals surface area contributed by atoms with Gasteiger partial charge in [-0.25, -0.2) is 4.98 Å². The van der Waals surface area contributed by atoms with E-state index in [2.05, 4.69) is 20.9 Å². The smallest absolute Gasteiger partial charge is 0.248 e. The van der Waals surface area contributed by atoms with Crippen molar-refractivity contribution in [3.05, 3.63) is 22.9 Å². The van der Waals surface area contributed by atoms with Crippen LogP contribution >= 0.6 is 26.2 Å². The molecule has 0 N–H and O–H groups in total. The van der Waals surface area contributed by atoms with Gasteiger partial charge >= 0.3 is 10.2 Å². The largest absolute Gasteiger partial charge is 0.312 e. The summed E-state index contributed by atoms with van der Waals surface area (Å²) in [5.74, 6) is 0. The van der Waals surface area contributed by atoms with E-state index in [1.54, 1.807) is 0 Å². The van der Waals surface area contributed by atoms with Crippen molar-refractivity contribution in [3.8, 4) is 0 Å². The molecule has 0 radical (unpaired) electrons. The third-order valence-corrected chi connectivity index (χ3v) is 3.20. The lowest BCUT2D eigenvalue weighted by Crippen LogP contribution is -2.07. The van der Waals surface area contributed by atoms with E-state index in [9.17, 15) is 19.4 Å². The normalized spacial score (nSPS) is 17.7. The third kappa shape index (κ3) is 2.53. The van der Waals surface area contributed by atoms with Gasteiger partial charge < -0.3 is 0 Å². The number of nitrogens with zero attached hydrogens (tertiary/aromatic N) is 1. The van der Waals surface area contributed by atoms with Gasteiger partial charge in [0.15, 0.2) is 0 Å². The Morgan fingerprint density at radius 1 is 1.15 bits per heavy atom. The highest BCUT2D eigenvalue weighted by molar-refractivity contribution is 9.10. The van der Waals surface area contributed by atoms with Crippen LogP contribution in [-0.4, -0.2) is 4.98 Å². The number of halogens is 6. The number of pyridine rings is 1. The Morgan fingerprint density at radius 2 is 1.69 bits per heavy atom. The molecule has 0 amide bonds. The molecule has 0 spiro atoms. The molecule has 8 heteroatoms. The van der Waals surface area contributed by atoms with Crippen molar-refractivity contribution in [1.29, 1.82) is 0 Å². The second-order valence-electron chi connectivity index (χ2n) is 2.26. The van der Waals surface area contributed by atoms with Crippen molar-refractivity contribution in [3.63, 3.8) is 0 Å². The first kappa shape index (κ1) is 10.7. The standard InChI is InChI=1S/C5H3BrF5NS/c6-5-4(2-1-3-12-5)13(7,8,9,10)11/h1-3H. The summed E-state index contributed by atoms with van der Waals surface area (Å²) in [5.41, 5.74) is 0. The van der Waals surface area contributed by atoms with Gasteiger partial charge in [-0.2, -0.15) is 0 Å². The fourth-order valence-electron chi connectivity index (χ4n) is 0.659. The first-order chi connectivity index (χ1) is 5.50. The average molecular weight is 284 g/mol. The lowest BCUT2D eigenvalue weighted by molar-refractivity contribution is 0.362. The fourth-order valence-corrected chi connectivity index (χ4v) is 2.53. The maximum Gasteiger partial charge on any atom is 0.312 e. The van der Waals surface area contributed by atoms with Crippen LogP contribution in [0.3, 0.4) is 0 Å². The Kier molecular flexibility index (Phi) is 1.78. The van der Waals surface area contributed by atoms with Gasteiger partial charge in [-0.3, -0.25) is 0 Å². The zero-order valence-electron chi connectivity index (χ0n) is 5.86. The Hall–Kier alpha value is -0.370.